The minimum Gasteiger partial charge on any atom is -0.384 e. The molecular formula is C17H23N3O3. The van der Waals surface area contributed by atoms with Gasteiger partial charge < -0.3 is 20.3 Å². The summed E-state index contributed by atoms with van der Waals surface area (Å²) in [5.41, 5.74) is 1.24. The fourth-order valence-electron chi connectivity index (χ4n) is 2.58. The summed E-state index contributed by atoms with van der Waals surface area (Å²) >= 11 is 0. The number of urea groups is 1. The highest BCUT2D eigenvalue weighted by Crippen LogP contribution is 2.21. The standard InChI is InChI=1S/C17H23N3O3/c1-11(15-12(2)20-23-13(15)3)19-16(21)18-10-17(4,22)14-8-6-5-7-9-14/h5-9,11,22H,10H2,1-4H3,(H2,18,19,21). The van der Waals surface area contributed by atoms with E-state index in [0.29, 0.717) is 5.76 Å². The molecule has 2 atom stereocenters. The van der Waals surface area contributed by atoms with Gasteiger partial charge in [0.2, 0.25) is 0 Å². The SMILES string of the molecule is Cc1noc(C)c1C(C)NC(=O)NCC(C)(O)c1ccccc1. The molecule has 0 saturated heterocycles. The summed E-state index contributed by atoms with van der Waals surface area (Å²) in [7, 11) is 0. The van der Waals surface area contributed by atoms with Gasteiger partial charge in [-0.05, 0) is 33.3 Å². The van der Waals surface area contributed by atoms with Gasteiger partial charge in [-0.25, -0.2) is 4.79 Å². The molecule has 6 heteroatoms. The number of hydrogen-bond donors (Lipinski definition) is 3. The number of rotatable bonds is 5. The van der Waals surface area contributed by atoms with Crippen LogP contribution >= 0.6 is 0 Å². The van der Waals surface area contributed by atoms with Crippen LogP contribution in [0.15, 0.2) is 34.9 Å². The summed E-state index contributed by atoms with van der Waals surface area (Å²) in [5, 5.41) is 19.9. The van der Waals surface area contributed by atoms with Crippen LogP contribution in [0.3, 0.4) is 0 Å². The molecule has 0 bridgehead atoms. The zero-order valence-electron chi connectivity index (χ0n) is 13.9. The molecule has 23 heavy (non-hydrogen) atoms. The van der Waals surface area contributed by atoms with Crippen molar-refractivity contribution in [2.45, 2.75) is 39.3 Å². The van der Waals surface area contributed by atoms with E-state index in [9.17, 15) is 9.90 Å². The number of nitrogens with zero attached hydrogens (tertiary/aromatic N) is 1. The summed E-state index contributed by atoms with van der Waals surface area (Å²) in [5.74, 6) is 0.687. The molecule has 0 fully saturated rings. The average molecular weight is 317 g/mol. The fraction of sp³-hybridized carbons (Fsp3) is 0.412. The highest BCUT2D eigenvalue weighted by Gasteiger charge is 2.24. The maximum Gasteiger partial charge on any atom is 0.315 e. The Morgan fingerprint density at radius 3 is 2.57 bits per heavy atom. The lowest BCUT2D eigenvalue weighted by molar-refractivity contribution is 0.0593. The lowest BCUT2D eigenvalue weighted by Gasteiger charge is -2.25. The van der Waals surface area contributed by atoms with Crippen LogP contribution in [0.1, 0.15) is 42.5 Å². The highest BCUT2D eigenvalue weighted by molar-refractivity contribution is 5.74. The quantitative estimate of drug-likeness (QED) is 0.791. The van der Waals surface area contributed by atoms with Crippen molar-refractivity contribution in [3.63, 3.8) is 0 Å². The number of carbonyl (C=O) groups is 1. The van der Waals surface area contributed by atoms with E-state index in [1.54, 1.807) is 6.92 Å². The van der Waals surface area contributed by atoms with Crippen LogP contribution in [0, 0.1) is 13.8 Å². The van der Waals surface area contributed by atoms with Gasteiger partial charge in [0.25, 0.3) is 0 Å². The van der Waals surface area contributed by atoms with E-state index in [4.69, 9.17) is 4.52 Å². The Morgan fingerprint density at radius 2 is 2.00 bits per heavy atom. The largest absolute Gasteiger partial charge is 0.384 e. The smallest absolute Gasteiger partial charge is 0.315 e. The fourth-order valence-corrected chi connectivity index (χ4v) is 2.58. The average Bonchev–Trinajstić information content (AvgIpc) is 2.85. The van der Waals surface area contributed by atoms with E-state index < -0.39 is 5.60 Å². The number of hydrogen-bond acceptors (Lipinski definition) is 4. The van der Waals surface area contributed by atoms with Crippen LogP contribution in [-0.2, 0) is 5.60 Å². The van der Waals surface area contributed by atoms with E-state index in [2.05, 4.69) is 15.8 Å². The van der Waals surface area contributed by atoms with Crippen molar-refractivity contribution in [3.05, 3.63) is 52.9 Å². The van der Waals surface area contributed by atoms with E-state index in [-0.39, 0.29) is 18.6 Å². The molecule has 6 nitrogen and oxygen atoms in total. The summed E-state index contributed by atoms with van der Waals surface area (Å²) in [6.45, 7) is 7.28. The van der Waals surface area contributed by atoms with Gasteiger partial charge in [0, 0.05) is 5.56 Å². The summed E-state index contributed by atoms with van der Waals surface area (Å²) < 4.78 is 5.11. The molecule has 2 unspecified atom stereocenters. The van der Waals surface area contributed by atoms with Gasteiger partial charge in [0.1, 0.15) is 11.4 Å². The number of nitrogens with one attached hydrogen (secondary N) is 2. The maximum atomic E-state index is 12.1. The monoisotopic (exact) mass is 317 g/mol. The van der Waals surface area contributed by atoms with Crippen molar-refractivity contribution >= 4 is 6.03 Å². The predicted molar refractivity (Wildman–Crippen MR) is 86.9 cm³/mol. The minimum absolute atomic E-state index is 0.108. The van der Waals surface area contributed by atoms with E-state index in [1.807, 2.05) is 51.1 Å². The van der Waals surface area contributed by atoms with Crippen molar-refractivity contribution in [3.8, 4) is 0 Å². The van der Waals surface area contributed by atoms with Gasteiger partial charge in [-0.3, -0.25) is 0 Å². The van der Waals surface area contributed by atoms with Crippen LogP contribution in [0.2, 0.25) is 0 Å². The number of benzene rings is 1. The Labute approximate surface area is 135 Å². The molecule has 0 radical (unpaired) electrons. The van der Waals surface area contributed by atoms with Gasteiger partial charge in [0.15, 0.2) is 0 Å². The van der Waals surface area contributed by atoms with Crippen LogP contribution in [-0.4, -0.2) is 22.8 Å². The summed E-state index contributed by atoms with van der Waals surface area (Å²) in [6, 6.07) is 8.65. The van der Waals surface area contributed by atoms with Crippen LogP contribution < -0.4 is 10.6 Å². The molecule has 0 spiro atoms. The molecule has 1 heterocycles. The normalized spacial score (nSPS) is 14.8. The lowest BCUT2D eigenvalue weighted by atomic mass is 9.96. The number of carbonyl (C=O) groups excluding carboxylic acids is 1. The van der Waals surface area contributed by atoms with Gasteiger partial charge in [0.05, 0.1) is 18.3 Å². The molecule has 2 rings (SSSR count). The molecule has 1 aromatic carbocycles. The number of amides is 2. The van der Waals surface area contributed by atoms with Gasteiger partial charge in [-0.2, -0.15) is 0 Å². The summed E-state index contributed by atoms with van der Waals surface area (Å²) in [4.78, 5) is 12.1. The van der Waals surface area contributed by atoms with E-state index in [0.717, 1.165) is 16.8 Å². The van der Waals surface area contributed by atoms with E-state index >= 15 is 0 Å². The molecule has 2 amide bonds. The lowest BCUT2D eigenvalue weighted by Crippen LogP contribution is -2.44. The molecule has 0 aliphatic carbocycles. The summed E-state index contributed by atoms with van der Waals surface area (Å²) in [6.07, 6.45) is 0. The van der Waals surface area contributed by atoms with Crippen molar-refractivity contribution in [1.29, 1.82) is 0 Å². The Hall–Kier alpha value is -2.34. The van der Waals surface area contributed by atoms with Gasteiger partial charge in [-0.1, -0.05) is 35.5 Å². The Bertz CT molecular complexity index is 645. The predicted octanol–water partition coefficient (Wildman–Crippen LogP) is 2.56. The van der Waals surface area contributed by atoms with Crippen molar-refractivity contribution in [2.24, 2.45) is 0 Å². The van der Waals surface area contributed by atoms with Crippen molar-refractivity contribution < 1.29 is 14.4 Å². The Balaban J connectivity index is 1.93. The first-order valence-electron chi connectivity index (χ1n) is 7.56. The molecular weight excluding hydrogens is 294 g/mol. The molecule has 0 aliphatic rings. The van der Waals surface area contributed by atoms with Crippen molar-refractivity contribution in [1.82, 2.24) is 15.8 Å². The molecule has 0 aliphatic heterocycles. The first-order chi connectivity index (χ1) is 10.8. The molecule has 1 aromatic heterocycles. The first-order valence-corrected chi connectivity index (χ1v) is 7.56. The Kier molecular flexibility index (Phi) is 5.05. The maximum absolute atomic E-state index is 12.1. The van der Waals surface area contributed by atoms with Crippen LogP contribution in [0.4, 0.5) is 4.79 Å². The molecule has 124 valence electrons. The second-order valence-corrected chi connectivity index (χ2v) is 5.93. The van der Waals surface area contributed by atoms with Gasteiger partial charge >= 0.3 is 6.03 Å². The third-order valence-corrected chi connectivity index (χ3v) is 3.86. The number of aryl methyl sites for hydroxylation is 2. The van der Waals surface area contributed by atoms with Crippen LogP contribution in [0.25, 0.3) is 0 Å². The van der Waals surface area contributed by atoms with E-state index in [1.165, 1.54) is 0 Å². The first kappa shape index (κ1) is 17.0. The topological polar surface area (TPSA) is 87.4 Å². The zero-order chi connectivity index (χ0) is 17.0. The third kappa shape index (κ3) is 4.10. The minimum atomic E-state index is -1.13. The Morgan fingerprint density at radius 1 is 1.35 bits per heavy atom. The van der Waals surface area contributed by atoms with Crippen LogP contribution in [0.5, 0.6) is 0 Å². The number of aromatic nitrogens is 1. The second-order valence-electron chi connectivity index (χ2n) is 5.93. The zero-order valence-corrected chi connectivity index (χ0v) is 13.9. The highest BCUT2D eigenvalue weighted by atomic mass is 16.5. The third-order valence-electron chi connectivity index (χ3n) is 3.86. The number of aliphatic hydroxyl groups is 1. The molecule has 0 saturated carbocycles. The molecule has 2 aromatic rings. The second kappa shape index (κ2) is 6.83. The van der Waals surface area contributed by atoms with Gasteiger partial charge in [-0.15, -0.1) is 0 Å². The molecule has 3 N–H and O–H groups in total. The van der Waals surface area contributed by atoms with Crippen molar-refractivity contribution in [2.75, 3.05) is 6.54 Å².